The summed E-state index contributed by atoms with van der Waals surface area (Å²) in [5.41, 5.74) is 2.53. The summed E-state index contributed by atoms with van der Waals surface area (Å²) in [7, 11) is 0. The zero-order chi connectivity index (χ0) is 29.0. The van der Waals surface area contributed by atoms with Crippen LogP contribution >= 0.6 is 0 Å². The summed E-state index contributed by atoms with van der Waals surface area (Å²) in [5, 5.41) is 3.05. The summed E-state index contributed by atoms with van der Waals surface area (Å²) >= 11 is 0. The van der Waals surface area contributed by atoms with Gasteiger partial charge in [0, 0.05) is 29.9 Å². The minimum atomic E-state index is -1.39. The fourth-order valence-electron chi connectivity index (χ4n) is 6.97. The molecule has 4 aromatic rings. The molecule has 3 aliphatic rings. The summed E-state index contributed by atoms with van der Waals surface area (Å²) in [6.07, 6.45) is 3.77. The summed E-state index contributed by atoms with van der Waals surface area (Å²) in [4.78, 5) is 57.1. The third-order valence-corrected chi connectivity index (χ3v) is 8.58. The number of hydrogen-bond acceptors (Lipinski definition) is 6. The van der Waals surface area contributed by atoms with Crippen LogP contribution in [0.5, 0.6) is 5.75 Å². The molecular weight excluding hydrogens is 528 g/mol. The van der Waals surface area contributed by atoms with E-state index < -0.39 is 29.4 Å². The van der Waals surface area contributed by atoms with Crippen molar-refractivity contribution in [2.45, 2.75) is 24.4 Å². The number of para-hydroxylation sites is 1. The Labute approximate surface area is 242 Å². The molecule has 1 spiro atoms. The molecule has 0 aliphatic carbocycles. The molecule has 1 amide bonds. The van der Waals surface area contributed by atoms with Gasteiger partial charge in [0.1, 0.15) is 17.2 Å². The highest BCUT2D eigenvalue weighted by Gasteiger charge is 2.70. The maximum Gasteiger partial charge on any atom is 0.308 e. The van der Waals surface area contributed by atoms with Crippen molar-refractivity contribution in [1.82, 2.24) is 4.90 Å². The second-order valence-corrected chi connectivity index (χ2v) is 10.8. The molecule has 3 aliphatic heterocycles. The number of ketones is 2. The molecule has 206 valence electrons. The van der Waals surface area contributed by atoms with Gasteiger partial charge in [-0.2, -0.15) is 0 Å². The highest BCUT2D eigenvalue weighted by molar-refractivity contribution is 6.16. The lowest BCUT2D eigenvalue weighted by Crippen LogP contribution is -2.49. The predicted molar refractivity (Wildman–Crippen MR) is 157 cm³/mol. The van der Waals surface area contributed by atoms with E-state index in [1.54, 1.807) is 48.5 Å². The summed E-state index contributed by atoms with van der Waals surface area (Å²) in [5.74, 6) is -2.10. The van der Waals surface area contributed by atoms with Crippen molar-refractivity contribution in [3.05, 3.63) is 137 Å². The lowest BCUT2D eigenvalue weighted by molar-refractivity contribution is -0.131. The monoisotopic (exact) mass is 554 g/mol. The Morgan fingerprint density at radius 3 is 2.21 bits per heavy atom. The van der Waals surface area contributed by atoms with Crippen LogP contribution in [0.25, 0.3) is 6.08 Å². The Morgan fingerprint density at radius 2 is 1.45 bits per heavy atom. The Morgan fingerprint density at radius 1 is 0.786 bits per heavy atom. The Hall–Kier alpha value is -5.30. The number of Topliss-reactive ketones (excluding diaryl/α,β-unsaturated/α-hetero) is 2. The number of ether oxygens (including phenoxy) is 1. The maximum atomic E-state index is 14.7. The normalized spacial score (nSPS) is 23.1. The van der Waals surface area contributed by atoms with Crippen LogP contribution in [0, 0.1) is 5.92 Å². The smallest absolute Gasteiger partial charge is 0.308 e. The lowest BCUT2D eigenvalue weighted by Gasteiger charge is -2.38. The Balaban J connectivity index is 1.48. The van der Waals surface area contributed by atoms with E-state index in [1.165, 1.54) is 6.92 Å². The van der Waals surface area contributed by atoms with Gasteiger partial charge in [-0.3, -0.25) is 19.2 Å². The van der Waals surface area contributed by atoms with E-state index in [1.807, 2.05) is 71.8 Å². The highest BCUT2D eigenvalue weighted by atomic mass is 16.5. The highest BCUT2D eigenvalue weighted by Crippen LogP contribution is 2.62. The van der Waals surface area contributed by atoms with Crippen LogP contribution in [0.1, 0.15) is 50.4 Å². The molecular formula is C35H26N2O5. The van der Waals surface area contributed by atoms with Gasteiger partial charge in [-0.15, -0.1) is 0 Å². The fraction of sp³-hybridized carbons (Fsp3) is 0.143. The second kappa shape index (κ2) is 9.66. The minimum Gasteiger partial charge on any atom is -0.427 e. The first-order chi connectivity index (χ1) is 20.4. The molecule has 4 aromatic carbocycles. The van der Waals surface area contributed by atoms with E-state index in [9.17, 15) is 19.2 Å². The van der Waals surface area contributed by atoms with Crippen LogP contribution in [0.4, 0.5) is 5.69 Å². The van der Waals surface area contributed by atoms with E-state index >= 15 is 0 Å². The number of anilines is 1. The molecule has 0 aromatic heterocycles. The van der Waals surface area contributed by atoms with E-state index in [2.05, 4.69) is 5.32 Å². The van der Waals surface area contributed by atoms with Gasteiger partial charge in [-0.05, 0) is 53.1 Å². The number of hydrogen-bond donors (Lipinski definition) is 1. The number of benzene rings is 4. The average molecular weight is 555 g/mol. The molecule has 4 unspecified atom stereocenters. The minimum absolute atomic E-state index is 0.280. The molecule has 1 fully saturated rings. The zero-order valence-electron chi connectivity index (χ0n) is 22.7. The lowest BCUT2D eigenvalue weighted by atomic mass is 9.62. The van der Waals surface area contributed by atoms with Gasteiger partial charge in [-0.1, -0.05) is 72.8 Å². The third-order valence-electron chi connectivity index (χ3n) is 8.58. The summed E-state index contributed by atoms with van der Waals surface area (Å²) in [6.45, 7) is 1.31. The molecule has 0 bridgehead atoms. The van der Waals surface area contributed by atoms with Crippen LogP contribution in [-0.2, 0) is 15.0 Å². The quantitative estimate of drug-likeness (QED) is 0.196. The van der Waals surface area contributed by atoms with Crippen LogP contribution in [0.3, 0.4) is 0 Å². The SMILES string of the molecule is CC(=O)Oc1ccc(C(=O)C2C(C(=O)c3ccccc3)C3(C(=O)Nc4ccccc43)C3c4ccccc4C=CN23)cc1. The van der Waals surface area contributed by atoms with Crippen LogP contribution in [0.15, 0.2) is 109 Å². The van der Waals surface area contributed by atoms with Crippen molar-refractivity contribution in [2.75, 3.05) is 5.32 Å². The van der Waals surface area contributed by atoms with Gasteiger partial charge in [0.25, 0.3) is 0 Å². The molecule has 42 heavy (non-hydrogen) atoms. The Bertz CT molecular complexity index is 1800. The first kappa shape index (κ1) is 25.7. The van der Waals surface area contributed by atoms with E-state index in [-0.39, 0.29) is 17.5 Å². The molecule has 7 rings (SSSR count). The fourth-order valence-corrected chi connectivity index (χ4v) is 6.97. The topological polar surface area (TPSA) is 92.8 Å². The van der Waals surface area contributed by atoms with Gasteiger partial charge < -0.3 is 15.0 Å². The molecule has 4 atom stereocenters. The number of carbonyl (C=O) groups is 4. The van der Waals surface area contributed by atoms with Crippen LogP contribution < -0.4 is 10.1 Å². The number of amides is 1. The second-order valence-electron chi connectivity index (χ2n) is 10.8. The molecule has 7 nitrogen and oxygen atoms in total. The van der Waals surface area contributed by atoms with Crippen molar-refractivity contribution in [3.63, 3.8) is 0 Å². The summed E-state index contributed by atoms with van der Waals surface area (Å²) < 4.78 is 5.17. The van der Waals surface area contributed by atoms with Gasteiger partial charge in [-0.25, -0.2) is 0 Å². The summed E-state index contributed by atoms with van der Waals surface area (Å²) in [6, 6.07) is 28.8. The number of rotatable bonds is 5. The van der Waals surface area contributed by atoms with E-state index in [0.717, 1.165) is 11.1 Å². The number of fused-ring (bicyclic) bond motifs is 6. The maximum absolute atomic E-state index is 14.7. The van der Waals surface area contributed by atoms with Crippen molar-refractivity contribution in [1.29, 1.82) is 0 Å². The zero-order valence-corrected chi connectivity index (χ0v) is 22.7. The van der Waals surface area contributed by atoms with Gasteiger partial charge in [0.05, 0.1) is 12.0 Å². The number of nitrogens with one attached hydrogen (secondary N) is 1. The van der Waals surface area contributed by atoms with Crippen molar-refractivity contribution in [2.24, 2.45) is 5.92 Å². The van der Waals surface area contributed by atoms with Crippen molar-refractivity contribution >= 4 is 35.2 Å². The largest absolute Gasteiger partial charge is 0.427 e. The van der Waals surface area contributed by atoms with E-state index in [0.29, 0.717) is 28.1 Å². The molecule has 0 saturated carbocycles. The van der Waals surface area contributed by atoms with Crippen molar-refractivity contribution < 1.29 is 23.9 Å². The molecule has 1 N–H and O–H groups in total. The standard InChI is InChI=1S/C35H26N2O5/c1-21(38)42-25-17-15-24(16-18-25)32(40)30-29(31(39)23-10-3-2-4-11-23)35(27-13-7-8-14-28(27)36-34(35)41)33-26-12-6-5-9-22(26)19-20-37(30)33/h2-20,29-30,33H,1H3,(H,36,41). The predicted octanol–water partition coefficient (Wildman–Crippen LogP) is 5.59. The van der Waals surface area contributed by atoms with Crippen molar-refractivity contribution in [3.8, 4) is 5.75 Å². The Kier molecular flexibility index (Phi) is 5.90. The number of carbonyl (C=O) groups excluding carboxylic acids is 4. The average Bonchev–Trinajstić information content (AvgIpc) is 3.49. The third kappa shape index (κ3) is 3.66. The molecule has 0 radical (unpaired) electrons. The molecule has 1 saturated heterocycles. The van der Waals surface area contributed by atoms with E-state index in [4.69, 9.17) is 4.74 Å². The van der Waals surface area contributed by atoms with Gasteiger partial charge >= 0.3 is 5.97 Å². The first-order valence-electron chi connectivity index (χ1n) is 13.8. The van der Waals surface area contributed by atoms with Crippen LogP contribution in [0.2, 0.25) is 0 Å². The van der Waals surface area contributed by atoms with Gasteiger partial charge in [0.15, 0.2) is 11.6 Å². The number of esters is 1. The first-order valence-corrected chi connectivity index (χ1v) is 13.8. The van der Waals surface area contributed by atoms with Gasteiger partial charge in [0.2, 0.25) is 5.91 Å². The molecule has 3 heterocycles. The van der Waals surface area contributed by atoms with Crippen LogP contribution in [-0.4, -0.2) is 34.4 Å². The number of nitrogens with zero attached hydrogens (tertiary/aromatic N) is 1. The molecule has 7 heteroatoms.